The summed E-state index contributed by atoms with van der Waals surface area (Å²) < 4.78 is 37.8. The summed E-state index contributed by atoms with van der Waals surface area (Å²) in [6.07, 6.45) is 2.62. The van der Waals surface area contributed by atoms with Crippen LogP contribution in [0.15, 0.2) is 76.2 Å². The van der Waals surface area contributed by atoms with E-state index in [0.717, 1.165) is 12.2 Å². The van der Waals surface area contributed by atoms with Crippen molar-refractivity contribution in [3.8, 4) is 5.75 Å². The van der Waals surface area contributed by atoms with E-state index < -0.39 is 10.0 Å². The summed E-state index contributed by atoms with van der Waals surface area (Å²) in [6, 6.07) is 17.1. The topological polar surface area (TPSA) is 97.6 Å². The molecule has 0 atom stereocenters. The molecule has 8 heteroatoms. The SMILES string of the molecule is CCc1ccc(OCCC(=O)Nc2ccc(S(=O)(=O)NCc3ccco3)cc2)cc1. The number of aryl methyl sites for hydroxylation is 1. The summed E-state index contributed by atoms with van der Waals surface area (Å²) >= 11 is 0. The zero-order chi connectivity index (χ0) is 21.4. The third kappa shape index (κ3) is 6.20. The lowest BCUT2D eigenvalue weighted by Gasteiger charge is -2.09. The van der Waals surface area contributed by atoms with Gasteiger partial charge in [0, 0.05) is 5.69 Å². The maximum absolute atomic E-state index is 12.3. The van der Waals surface area contributed by atoms with Crippen molar-refractivity contribution in [2.75, 3.05) is 11.9 Å². The summed E-state index contributed by atoms with van der Waals surface area (Å²) in [6.45, 7) is 2.40. The molecule has 0 spiro atoms. The summed E-state index contributed by atoms with van der Waals surface area (Å²) in [5.74, 6) is 1.02. The van der Waals surface area contributed by atoms with E-state index in [2.05, 4.69) is 17.0 Å². The molecule has 1 aromatic heterocycles. The highest BCUT2D eigenvalue weighted by atomic mass is 32.2. The number of carbonyl (C=O) groups excluding carboxylic acids is 1. The van der Waals surface area contributed by atoms with Crippen molar-refractivity contribution in [1.29, 1.82) is 0 Å². The maximum Gasteiger partial charge on any atom is 0.240 e. The van der Waals surface area contributed by atoms with Gasteiger partial charge in [-0.25, -0.2) is 13.1 Å². The molecular formula is C22H24N2O5S. The molecule has 3 aromatic rings. The van der Waals surface area contributed by atoms with Crippen LogP contribution in [0.2, 0.25) is 0 Å². The lowest BCUT2D eigenvalue weighted by molar-refractivity contribution is -0.116. The van der Waals surface area contributed by atoms with Crippen LogP contribution in [0.1, 0.15) is 24.7 Å². The van der Waals surface area contributed by atoms with Gasteiger partial charge in [-0.1, -0.05) is 19.1 Å². The van der Waals surface area contributed by atoms with E-state index in [1.165, 1.54) is 24.0 Å². The Hall–Kier alpha value is -3.10. The molecule has 0 aliphatic carbocycles. The van der Waals surface area contributed by atoms with Crippen LogP contribution in [0, 0.1) is 0 Å². The number of carbonyl (C=O) groups is 1. The fourth-order valence-corrected chi connectivity index (χ4v) is 3.68. The van der Waals surface area contributed by atoms with Crippen LogP contribution in [-0.4, -0.2) is 20.9 Å². The van der Waals surface area contributed by atoms with Crippen LogP contribution in [0.5, 0.6) is 5.75 Å². The van der Waals surface area contributed by atoms with Crippen molar-refractivity contribution < 1.29 is 22.4 Å². The summed E-state index contributed by atoms with van der Waals surface area (Å²) in [7, 11) is -3.67. The quantitative estimate of drug-likeness (QED) is 0.513. The largest absolute Gasteiger partial charge is 0.493 e. The zero-order valence-electron chi connectivity index (χ0n) is 16.6. The molecule has 158 valence electrons. The number of amides is 1. The highest BCUT2D eigenvalue weighted by Gasteiger charge is 2.14. The van der Waals surface area contributed by atoms with Crippen LogP contribution in [0.3, 0.4) is 0 Å². The number of hydrogen-bond acceptors (Lipinski definition) is 5. The summed E-state index contributed by atoms with van der Waals surface area (Å²) in [5.41, 5.74) is 1.74. The third-order valence-corrected chi connectivity index (χ3v) is 5.81. The average molecular weight is 429 g/mol. The monoisotopic (exact) mass is 428 g/mol. The van der Waals surface area contributed by atoms with E-state index in [-0.39, 0.29) is 30.4 Å². The highest BCUT2D eigenvalue weighted by Crippen LogP contribution is 2.16. The second-order valence-electron chi connectivity index (χ2n) is 6.57. The molecule has 3 rings (SSSR count). The predicted molar refractivity (Wildman–Crippen MR) is 114 cm³/mol. The first-order valence-corrected chi connectivity index (χ1v) is 11.1. The van der Waals surface area contributed by atoms with Gasteiger partial charge >= 0.3 is 0 Å². The average Bonchev–Trinajstić information content (AvgIpc) is 3.27. The molecular weight excluding hydrogens is 404 g/mol. The van der Waals surface area contributed by atoms with Crippen molar-refractivity contribution >= 4 is 21.6 Å². The van der Waals surface area contributed by atoms with Gasteiger partial charge in [-0.15, -0.1) is 0 Å². The van der Waals surface area contributed by atoms with Gasteiger partial charge < -0.3 is 14.5 Å². The predicted octanol–water partition coefficient (Wildman–Crippen LogP) is 3.73. The highest BCUT2D eigenvalue weighted by molar-refractivity contribution is 7.89. The van der Waals surface area contributed by atoms with Gasteiger partial charge in [-0.05, 0) is 60.5 Å². The van der Waals surface area contributed by atoms with Crippen LogP contribution in [0.4, 0.5) is 5.69 Å². The van der Waals surface area contributed by atoms with Crippen molar-refractivity contribution in [2.45, 2.75) is 31.2 Å². The molecule has 0 radical (unpaired) electrons. The number of nitrogens with one attached hydrogen (secondary N) is 2. The first-order chi connectivity index (χ1) is 14.5. The number of furan rings is 1. The molecule has 0 aliphatic heterocycles. The van der Waals surface area contributed by atoms with Crippen molar-refractivity contribution in [3.05, 3.63) is 78.3 Å². The van der Waals surface area contributed by atoms with Crippen LogP contribution >= 0.6 is 0 Å². The standard InChI is InChI=1S/C22H24N2O5S/c1-2-17-5-9-19(10-6-17)29-15-13-22(25)24-18-7-11-21(12-8-18)30(26,27)23-16-20-4-3-14-28-20/h3-12,14,23H,2,13,15-16H2,1H3,(H,24,25). The molecule has 2 aromatic carbocycles. The van der Waals surface area contributed by atoms with E-state index in [9.17, 15) is 13.2 Å². The molecule has 0 saturated heterocycles. The molecule has 2 N–H and O–H groups in total. The number of sulfonamides is 1. The fourth-order valence-electron chi connectivity index (χ4n) is 2.69. The van der Waals surface area contributed by atoms with E-state index in [0.29, 0.717) is 11.4 Å². The number of hydrogen-bond donors (Lipinski definition) is 2. The number of anilines is 1. The minimum absolute atomic E-state index is 0.0645. The number of ether oxygens (including phenoxy) is 1. The Morgan fingerprint density at radius 3 is 2.40 bits per heavy atom. The lowest BCUT2D eigenvalue weighted by Crippen LogP contribution is -2.23. The maximum atomic E-state index is 12.3. The van der Waals surface area contributed by atoms with Crippen molar-refractivity contribution in [2.24, 2.45) is 0 Å². The van der Waals surface area contributed by atoms with Gasteiger partial charge in [0.1, 0.15) is 11.5 Å². The van der Waals surface area contributed by atoms with Gasteiger partial charge in [-0.2, -0.15) is 0 Å². The van der Waals surface area contributed by atoms with Gasteiger partial charge in [0.15, 0.2) is 0 Å². The van der Waals surface area contributed by atoms with Gasteiger partial charge in [-0.3, -0.25) is 4.79 Å². The van der Waals surface area contributed by atoms with Gasteiger partial charge in [0.05, 0.1) is 30.7 Å². The van der Waals surface area contributed by atoms with Gasteiger partial charge in [0.2, 0.25) is 15.9 Å². The molecule has 0 saturated carbocycles. The molecule has 7 nitrogen and oxygen atoms in total. The first kappa shape index (κ1) is 21.6. The van der Waals surface area contributed by atoms with Crippen LogP contribution < -0.4 is 14.8 Å². The van der Waals surface area contributed by atoms with E-state index >= 15 is 0 Å². The molecule has 1 amide bonds. The van der Waals surface area contributed by atoms with Crippen molar-refractivity contribution in [1.82, 2.24) is 4.72 Å². The minimum atomic E-state index is -3.67. The second-order valence-corrected chi connectivity index (χ2v) is 8.34. The Bertz CT molecular complexity index is 1040. The molecule has 0 fully saturated rings. The summed E-state index contributed by atoms with van der Waals surface area (Å²) in [4.78, 5) is 12.2. The molecule has 0 aliphatic rings. The van der Waals surface area contributed by atoms with E-state index in [1.54, 1.807) is 24.3 Å². The van der Waals surface area contributed by atoms with Crippen molar-refractivity contribution in [3.63, 3.8) is 0 Å². The Morgan fingerprint density at radius 1 is 1.03 bits per heavy atom. The first-order valence-electron chi connectivity index (χ1n) is 9.60. The van der Waals surface area contributed by atoms with E-state index in [4.69, 9.17) is 9.15 Å². The number of rotatable bonds is 10. The lowest BCUT2D eigenvalue weighted by atomic mass is 10.2. The Labute approximate surface area is 176 Å². The minimum Gasteiger partial charge on any atom is -0.493 e. The third-order valence-electron chi connectivity index (χ3n) is 4.39. The van der Waals surface area contributed by atoms with Crippen LogP contribution in [-0.2, 0) is 27.8 Å². The zero-order valence-corrected chi connectivity index (χ0v) is 17.4. The van der Waals surface area contributed by atoms with Crippen LogP contribution in [0.25, 0.3) is 0 Å². The molecule has 1 heterocycles. The smallest absolute Gasteiger partial charge is 0.240 e. The van der Waals surface area contributed by atoms with Gasteiger partial charge in [0.25, 0.3) is 0 Å². The Kier molecular flexibility index (Phi) is 7.26. The fraction of sp³-hybridized carbons (Fsp3) is 0.227. The molecule has 30 heavy (non-hydrogen) atoms. The van der Waals surface area contributed by atoms with E-state index in [1.807, 2.05) is 24.3 Å². The number of benzene rings is 2. The normalized spacial score (nSPS) is 11.2. The molecule has 0 bridgehead atoms. The Balaban J connectivity index is 1.46. The second kappa shape index (κ2) is 10.1. The summed E-state index contributed by atoms with van der Waals surface area (Å²) in [5, 5.41) is 2.73. The molecule has 0 unspecified atom stereocenters. The Morgan fingerprint density at radius 2 is 1.77 bits per heavy atom.